The van der Waals surface area contributed by atoms with Crippen LogP contribution in [0.2, 0.25) is 0 Å². The summed E-state index contributed by atoms with van der Waals surface area (Å²) in [6, 6.07) is 33.2. The predicted molar refractivity (Wildman–Crippen MR) is 130 cm³/mol. The third-order valence-corrected chi connectivity index (χ3v) is 6.18. The first-order chi connectivity index (χ1) is 14.4. The zero-order valence-electron chi connectivity index (χ0n) is 18.1. The molecular formula is C29H27N. The van der Waals surface area contributed by atoms with Gasteiger partial charge in [-0.15, -0.1) is 0 Å². The summed E-state index contributed by atoms with van der Waals surface area (Å²) in [5.74, 6) is 0. The van der Waals surface area contributed by atoms with Gasteiger partial charge in [0.1, 0.15) is 0 Å². The van der Waals surface area contributed by atoms with Crippen molar-refractivity contribution in [2.24, 2.45) is 7.05 Å². The van der Waals surface area contributed by atoms with Crippen LogP contribution in [0.15, 0.2) is 91.0 Å². The molecular weight excluding hydrogens is 362 g/mol. The summed E-state index contributed by atoms with van der Waals surface area (Å²) < 4.78 is 2.31. The molecule has 0 fully saturated rings. The van der Waals surface area contributed by atoms with Gasteiger partial charge < -0.3 is 4.57 Å². The standard InChI is InChI=1S/C29H27N/c1-29(2,3)24-14-16-28-26(19-24)25-18-23(13-15-27(25)30(28)4)22-12-8-11-21(17-22)20-9-6-5-7-10-20/h5-19H,1-4H3. The smallest absolute Gasteiger partial charge is 0.0489 e. The molecule has 0 spiro atoms. The van der Waals surface area contributed by atoms with Gasteiger partial charge >= 0.3 is 0 Å². The lowest BCUT2D eigenvalue weighted by molar-refractivity contribution is 0.591. The molecule has 148 valence electrons. The lowest BCUT2D eigenvalue weighted by Crippen LogP contribution is -2.10. The van der Waals surface area contributed by atoms with E-state index in [1.807, 2.05) is 0 Å². The van der Waals surface area contributed by atoms with Gasteiger partial charge in [-0.3, -0.25) is 0 Å². The van der Waals surface area contributed by atoms with E-state index in [2.05, 4.69) is 123 Å². The van der Waals surface area contributed by atoms with Gasteiger partial charge in [0.15, 0.2) is 0 Å². The van der Waals surface area contributed by atoms with Gasteiger partial charge in [-0.1, -0.05) is 81.4 Å². The van der Waals surface area contributed by atoms with Gasteiger partial charge in [0.25, 0.3) is 0 Å². The minimum absolute atomic E-state index is 0.137. The molecule has 1 heterocycles. The van der Waals surface area contributed by atoms with Crippen LogP contribution in [0.1, 0.15) is 26.3 Å². The highest BCUT2D eigenvalue weighted by Gasteiger charge is 2.17. The van der Waals surface area contributed by atoms with Gasteiger partial charge in [-0.05, 0) is 63.6 Å². The molecule has 1 aromatic heterocycles. The summed E-state index contributed by atoms with van der Waals surface area (Å²) >= 11 is 0. The maximum absolute atomic E-state index is 2.38. The van der Waals surface area contributed by atoms with Crippen LogP contribution in [0, 0.1) is 0 Å². The second-order valence-electron chi connectivity index (χ2n) is 9.22. The van der Waals surface area contributed by atoms with Crippen LogP contribution in [0.4, 0.5) is 0 Å². The Kier molecular flexibility index (Phi) is 4.29. The Bertz CT molecular complexity index is 1360. The Hall–Kier alpha value is -3.32. The summed E-state index contributed by atoms with van der Waals surface area (Å²) in [6.07, 6.45) is 0. The summed E-state index contributed by atoms with van der Waals surface area (Å²) in [7, 11) is 2.16. The van der Waals surface area contributed by atoms with E-state index in [0.717, 1.165) is 0 Å². The Morgan fingerprint density at radius 2 is 1.10 bits per heavy atom. The zero-order chi connectivity index (χ0) is 20.9. The van der Waals surface area contributed by atoms with Gasteiger partial charge in [0, 0.05) is 28.9 Å². The Balaban J connectivity index is 1.69. The van der Waals surface area contributed by atoms with Crippen molar-refractivity contribution in [3.63, 3.8) is 0 Å². The molecule has 0 N–H and O–H groups in total. The first-order valence-corrected chi connectivity index (χ1v) is 10.6. The second-order valence-corrected chi connectivity index (χ2v) is 9.22. The van der Waals surface area contributed by atoms with E-state index in [1.165, 1.54) is 49.6 Å². The normalized spacial score (nSPS) is 12.0. The lowest BCUT2D eigenvalue weighted by atomic mass is 9.86. The van der Waals surface area contributed by atoms with Crippen molar-refractivity contribution >= 4 is 21.8 Å². The second kappa shape index (κ2) is 6.88. The van der Waals surface area contributed by atoms with Crippen LogP contribution < -0.4 is 0 Å². The fraction of sp³-hybridized carbons (Fsp3) is 0.172. The van der Waals surface area contributed by atoms with E-state index in [0.29, 0.717) is 0 Å². The SMILES string of the molecule is Cn1c2ccc(-c3cccc(-c4ccccc4)c3)cc2c2cc(C(C)(C)C)ccc21. The fourth-order valence-electron chi connectivity index (χ4n) is 4.37. The monoisotopic (exact) mass is 389 g/mol. The van der Waals surface area contributed by atoms with E-state index >= 15 is 0 Å². The number of rotatable bonds is 2. The van der Waals surface area contributed by atoms with Crippen molar-refractivity contribution in [1.82, 2.24) is 4.57 Å². The average molecular weight is 390 g/mol. The minimum Gasteiger partial charge on any atom is -0.344 e. The van der Waals surface area contributed by atoms with E-state index in [4.69, 9.17) is 0 Å². The average Bonchev–Trinajstić information content (AvgIpc) is 3.05. The third-order valence-electron chi connectivity index (χ3n) is 6.18. The van der Waals surface area contributed by atoms with E-state index in [9.17, 15) is 0 Å². The molecule has 4 aromatic carbocycles. The van der Waals surface area contributed by atoms with Crippen molar-refractivity contribution in [2.75, 3.05) is 0 Å². The lowest BCUT2D eigenvalue weighted by Gasteiger charge is -2.19. The van der Waals surface area contributed by atoms with Crippen LogP contribution in [-0.4, -0.2) is 4.57 Å². The summed E-state index contributed by atoms with van der Waals surface area (Å²) in [5, 5.41) is 2.65. The minimum atomic E-state index is 0.137. The van der Waals surface area contributed by atoms with Crippen molar-refractivity contribution < 1.29 is 0 Å². The molecule has 5 rings (SSSR count). The number of benzene rings is 4. The number of aromatic nitrogens is 1. The maximum atomic E-state index is 2.38. The third kappa shape index (κ3) is 3.11. The molecule has 0 bridgehead atoms. The Labute approximate surface area is 178 Å². The van der Waals surface area contributed by atoms with Crippen LogP contribution in [0.25, 0.3) is 44.1 Å². The highest BCUT2D eigenvalue weighted by atomic mass is 14.9. The number of hydrogen-bond donors (Lipinski definition) is 0. The Morgan fingerprint density at radius 3 is 1.80 bits per heavy atom. The van der Waals surface area contributed by atoms with Crippen LogP contribution in [-0.2, 0) is 12.5 Å². The number of nitrogens with zero attached hydrogens (tertiary/aromatic N) is 1. The molecule has 0 radical (unpaired) electrons. The predicted octanol–water partition coefficient (Wildman–Crippen LogP) is 7.96. The van der Waals surface area contributed by atoms with Gasteiger partial charge in [0.2, 0.25) is 0 Å². The molecule has 30 heavy (non-hydrogen) atoms. The van der Waals surface area contributed by atoms with Gasteiger partial charge in [-0.25, -0.2) is 0 Å². The Morgan fingerprint density at radius 1 is 0.533 bits per heavy atom. The van der Waals surface area contributed by atoms with Crippen molar-refractivity contribution in [2.45, 2.75) is 26.2 Å². The van der Waals surface area contributed by atoms with Gasteiger partial charge in [0.05, 0.1) is 0 Å². The van der Waals surface area contributed by atoms with Crippen molar-refractivity contribution in [3.05, 3.63) is 96.6 Å². The maximum Gasteiger partial charge on any atom is 0.0489 e. The highest BCUT2D eigenvalue weighted by molar-refractivity contribution is 6.09. The molecule has 0 aliphatic heterocycles. The van der Waals surface area contributed by atoms with E-state index in [1.54, 1.807) is 0 Å². The first kappa shape index (κ1) is 18.7. The number of fused-ring (bicyclic) bond motifs is 3. The molecule has 1 heteroatoms. The molecule has 0 amide bonds. The van der Waals surface area contributed by atoms with E-state index < -0.39 is 0 Å². The van der Waals surface area contributed by atoms with Crippen LogP contribution >= 0.6 is 0 Å². The highest BCUT2D eigenvalue weighted by Crippen LogP contribution is 2.35. The molecule has 0 aliphatic carbocycles. The molecule has 0 atom stereocenters. The molecule has 0 saturated carbocycles. The number of hydrogen-bond acceptors (Lipinski definition) is 0. The molecule has 5 aromatic rings. The summed E-state index contributed by atoms with van der Waals surface area (Å²) in [6.45, 7) is 6.83. The van der Waals surface area contributed by atoms with Crippen LogP contribution in [0.3, 0.4) is 0 Å². The molecule has 0 aliphatic rings. The summed E-state index contributed by atoms with van der Waals surface area (Å²) in [5.41, 5.74) is 9.08. The largest absolute Gasteiger partial charge is 0.344 e. The van der Waals surface area contributed by atoms with Crippen molar-refractivity contribution in [3.8, 4) is 22.3 Å². The fourth-order valence-corrected chi connectivity index (χ4v) is 4.37. The van der Waals surface area contributed by atoms with Gasteiger partial charge in [-0.2, -0.15) is 0 Å². The number of aryl methyl sites for hydroxylation is 1. The van der Waals surface area contributed by atoms with Crippen molar-refractivity contribution in [1.29, 1.82) is 0 Å². The molecule has 0 saturated heterocycles. The quantitative estimate of drug-likeness (QED) is 0.288. The molecule has 1 nitrogen and oxygen atoms in total. The first-order valence-electron chi connectivity index (χ1n) is 10.6. The zero-order valence-corrected chi connectivity index (χ0v) is 18.1. The van der Waals surface area contributed by atoms with Crippen LogP contribution in [0.5, 0.6) is 0 Å². The summed E-state index contributed by atoms with van der Waals surface area (Å²) in [4.78, 5) is 0. The topological polar surface area (TPSA) is 4.93 Å². The van der Waals surface area contributed by atoms with E-state index in [-0.39, 0.29) is 5.41 Å². The molecule has 0 unspecified atom stereocenters.